The van der Waals surface area contributed by atoms with Gasteiger partial charge in [0.05, 0.1) is 31.6 Å². The molecule has 0 saturated heterocycles. The Morgan fingerprint density at radius 1 is 1.18 bits per heavy atom. The molecule has 1 aromatic carbocycles. The highest BCUT2D eigenvalue weighted by molar-refractivity contribution is 7.99. The number of thioether (sulfide) groups is 1. The molecule has 0 fully saturated rings. The lowest BCUT2D eigenvalue weighted by Gasteiger charge is -2.14. The van der Waals surface area contributed by atoms with E-state index in [4.69, 9.17) is 14.2 Å². The molecule has 202 valence electrons. The van der Waals surface area contributed by atoms with Gasteiger partial charge in [-0.1, -0.05) is 17.8 Å². The second kappa shape index (κ2) is 12.5. The summed E-state index contributed by atoms with van der Waals surface area (Å²) in [6.07, 6.45) is 5.35. The molecule has 38 heavy (non-hydrogen) atoms. The first-order valence-electron chi connectivity index (χ1n) is 12.4. The number of aryl methyl sites for hydroxylation is 1. The number of allylic oxidation sites excluding steroid dienone is 1. The van der Waals surface area contributed by atoms with Crippen molar-refractivity contribution in [1.82, 2.24) is 14.8 Å². The van der Waals surface area contributed by atoms with E-state index in [1.807, 2.05) is 36.6 Å². The van der Waals surface area contributed by atoms with Gasteiger partial charge in [0.25, 0.3) is 0 Å². The van der Waals surface area contributed by atoms with Crippen LogP contribution < -0.4 is 14.8 Å². The maximum Gasteiger partial charge on any atom is 0.341 e. The zero-order valence-corrected chi connectivity index (χ0v) is 23.7. The normalized spacial score (nSPS) is 12.7. The number of benzene rings is 1. The third kappa shape index (κ3) is 6.05. The number of aromatic nitrogens is 3. The van der Waals surface area contributed by atoms with Crippen LogP contribution >= 0.6 is 23.1 Å². The first-order chi connectivity index (χ1) is 18.4. The van der Waals surface area contributed by atoms with Crippen molar-refractivity contribution in [2.24, 2.45) is 0 Å². The molecule has 0 saturated carbocycles. The Morgan fingerprint density at radius 3 is 2.66 bits per heavy atom. The van der Waals surface area contributed by atoms with E-state index in [0.29, 0.717) is 39.6 Å². The van der Waals surface area contributed by atoms with Gasteiger partial charge in [-0.15, -0.1) is 28.1 Å². The number of hydrogen-bond acceptors (Lipinski definition) is 9. The fraction of sp³-hybridized carbons (Fsp3) is 0.407. The minimum Gasteiger partial charge on any atom is -0.493 e. The minimum absolute atomic E-state index is 0.0996. The zero-order valence-electron chi connectivity index (χ0n) is 22.0. The van der Waals surface area contributed by atoms with Crippen LogP contribution in [-0.2, 0) is 28.9 Å². The Bertz CT molecular complexity index is 1330. The molecule has 1 amide bonds. The van der Waals surface area contributed by atoms with E-state index in [-0.39, 0.29) is 23.7 Å². The Morgan fingerprint density at radius 2 is 1.95 bits per heavy atom. The Labute approximate surface area is 230 Å². The highest BCUT2D eigenvalue weighted by Gasteiger charge is 2.28. The molecule has 9 nitrogen and oxygen atoms in total. The van der Waals surface area contributed by atoms with Crippen molar-refractivity contribution in [2.45, 2.75) is 57.3 Å². The number of nitrogens with one attached hydrogen (secondary N) is 1. The van der Waals surface area contributed by atoms with E-state index in [1.54, 1.807) is 20.3 Å². The molecule has 0 unspecified atom stereocenters. The minimum atomic E-state index is -0.382. The summed E-state index contributed by atoms with van der Waals surface area (Å²) in [4.78, 5) is 27.1. The van der Waals surface area contributed by atoms with E-state index in [9.17, 15) is 9.59 Å². The molecular formula is C27H32N4O5S2. The number of esters is 1. The molecule has 1 aliphatic rings. The van der Waals surface area contributed by atoms with Crippen LogP contribution in [0.5, 0.6) is 11.5 Å². The van der Waals surface area contributed by atoms with Crippen LogP contribution in [0.2, 0.25) is 0 Å². The number of thiophene rings is 1. The molecule has 0 spiro atoms. The summed E-state index contributed by atoms with van der Waals surface area (Å²) < 4.78 is 18.1. The first kappa shape index (κ1) is 27.7. The maximum atomic E-state index is 13.0. The van der Waals surface area contributed by atoms with Crippen LogP contribution in [0, 0.1) is 0 Å². The second-order valence-electron chi connectivity index (χ2n) is 8.98. The summed E-state index contributed by atoms with van der Waals surface area (Å²) in [5, 5.41) is 12.8. The lowest BCUT2D eigenvalue weighted by atomic mass is 9.95. The van der Waals surface area contributed by atoms with E-state index in [2.05, 4.69) is 22.1 Å². The molecule has 1 aliphatic carbocycles. The SMILES string of the molecule is C=CCn1c(SCC(=O)Nc2sc3c(c2C(=O)OC(C)C)CCCC3)nnc1-c1ccc(OC)c(OC)c1. The molecule has 2 aromatic heterocycles. The van der Waals surface area contributed by atoms with Gasteiger partial charge >= 0.3 is 5.97 Å². The summed E-state index contributed by atoms with van der Waals surface area (Å²) in [5.74, 6) is 1.31. The Kier molecular flexibility index (Phi) is 9.11. The van der Waals surface area contributed by atoms with Crippen LogP contribution in [0.4, 0.5) is 5.00 Å². The quantitative estimate of drug-likeness (QED) is 0.191. The summed E-state index contributed by atoms with van der Waals surface area (Å²) in [5.41, 5.74) is 2.31. The number of carbonyl (C=O) groups excluding carboxylic acids is 2. The molecule has 0 aliphatic heterocycles. The van der Waals surface area contributed by atoms with Crippen LogP contribution in [0.3, 0.4) is 0 Å². The number of ether oxygens (including phenoxy) is 3. The van der Waals surface area contributed by atoms with Gasteiger partial charge in [0, 0.05) is 17.0 Å². The average molecular weight is 557 g/mol. The highest BCUT2D eigenvalue weighted by atomic mass is 32.2. The molecule has 1 N–H and O–H groups in total. The van der Waals surface area contributed by atoms with Crippen LogP contribution in [0.15, 0.2) is 36.0 Å². The van der Waals surface area contributed by atoms with Crippen LogP contribution in [-0.4, -0.2) is 52.7 Å². The number of anilines is 1. The molecule has 3 aromatic rings. The van der Waals surface area contributed by atoms with Crippen molar-refractivity contribution in [3.63, 3.8) is 0 Å². The van der Waals surface area contributed by atoms with Gasteiger partial charge in [0.2, 0.25) is 5.91 Å². The Hall–Kier alpha value is -3.31. The lowest BCUT2D eigenvalue weighted by molar-refractivity contribution is -0.113. The third-order valence-electron chi connectivity index (χ3n) is 5.97. The van der Waals surface area contributed by atoms with Crippen molar-refractivity contribution in [3.05, 3.63) is 46.9 Å². The van der Waals surface area contributed by atoms with Crippen LogP contribution in [0.25, 0.3) is 11.4 Å². The van der Waals surface area contributed by atoms with Crippen LogP contribution in [0.1, 0.15) is 47.5 Å². The molecule has 0 radical (unpaired) electrons. The van der Waals surface area contributed by atoms with Gasteiger partial charge in [-0.2, -0.15) is 0 Å². The monoisotopic (exact) mass is 556 g/mol. The predicted molar refractivity (Wildman–Crippen MR) is 150 cm³/mol. The number of nitrogens with zero attached hydrogens (tertiary/aromatic N) is 3. The molecule has 0 bridgehead atoms. The van der Waals surface area contributed by atoms with E-state index in [1.165, 1.54) is 23.1 Å². The number of carbonyl (C=O) groups is 2. The first-order valence-corrected chi connectivity index (χ1v) is 14.2. The van der Waals surface area contributed by atoms with Crippen molar-refractivity contribution in [3.8, 4) is 22.9 Å². The number of methoxy groups -OCH3 is 2. The summed E-state index contributed by atoms with van der Waals surface area (Å²) in [6.45, 7) is 7.95. The predicted octanol–water partition coefficient (Wildman–Crippen LogP) is 5.38. The largest absolute Gasteiger partial charge is 0.493 e. The van der Waals surface area contributed by atoms with Gasteiger partial charge in [-0.25, -0.2) is 4.79 Å². The third-order valence-corrected chi connectivity index (χ3v) is 8.15. The molecule has 0 atom stereocenters. The fourth-order valence-electron chi connectivity index (χ4n) is 4.31. The topological polar surface area (TPSA) is 105 Å². The van der Waals surface area contributed by atoms with E-state index < -0.39 is 0 Å². The van der Waals surface area contributed by atoms with Gasteiger partial charge in [-0.3, -0.25) is 9.36 Å². The smallest absolute Gasteiger partial charge is 0.341 e. The summed E-state index contributed by atoms with van der Waals surface area (Å²) in [6, 6.07) is 5.52. The highest BCUT2D eigenvalue weighted by Crippen LogP contribution is 2.39. The zero-order chi connectivity index (χ0) is 27.2. The van der Waals surface area contributed by atoms with Crippen molar-refractivity contribution in [2.75, 3.05) is 25.3 Å². The standard InChI is InChI=1S/C27H32N4O5S2/c1-6-13-31-24(17-11-12-19(34-4)20(14-17)35-5)29-30-27(31)37-15-22(32)28-25-23(26(33)36-16(2)3)18-9-7-8-10-21(18)38-25/h6,11-12,14,16H,1,7-10,13,15H2,2-5H3,(H,28,32). The fourth-order valence-corrected chi connectivity index (χ4v) is 6.36. The van der Waals surface area contributed by atoms with Gasteiger partial charge in [0.1, 0.15) is 5.00 Å². The molecular weight excluding hydrogens is 524 g/mol. The lowest BCUT2D eigenvalue weighted by Crippen LogP contribution is -2.19. The number of hydrogen-bond donors (Lipinski definition) is 1. The van der Waals surface area contributed by atoms with Crippen molar-refractivity contribution < 1.29 is 23.8 Å². The van der Waals surface area contributed by atoms with Crippen molar-refractivity contribution in [1.29, 1.82) is 0 Å². The Balaban J connectivity index is 1.52. The summed E-state index contributed by atoms with van der Waals surface area (Å²) >= 11 is 2.75. The maximum absolute atomic E-state index is 13.0. The van der Waals surface area contributed by atoms with Crippen molar-refractivity contribution >= 4 is 40.0 Å². The average Bonchev–Trinajstić information content (AvgIpc) is 3.47. The molecule has 11 heteroatoms. The van der Waals surface area contributed by atoms with E-state index in [0.717, 1.165) is 41.7 Å². The van der Waals surface area contributed by atoms with Gasteiger partial charge in [-0.05, 0) is 63.3 Å². The summed E-state index contributed by atoms with van der Waals surface area (Å²) in [7, 11) is 3.16. The molecule has 2 heterocycles. The molecule has 4 rings (SSSR count). The van der Waals surface area contributed by atoms with Gasteiger partial charge < -0.3 is 19.5 Å². The van der Waals surface area contributed by atoms with Gasteiger partial charge in [0.15, 0.2) is 22.5 Å². The number of rotatable bonds is 11. The second-order valence-corrected chi connectivity index (χ2v) is 11.0. The number of fused-ring (bicyclic) bond motifs is 1. The van der Waals surface area contributed by atoms with E-state index >= 15 is 0 Å². The number of amides is 1.